The Bertz CT molecular complexity index is 1040. The van der Waals surface area contributed by atoms with Gasteiger partial charge >= 0.3 is 0 Å². The first-order valence-corrected chi connectivity index (χ1v) is 9.55. The van der Waals surface area contributed by atoms with Crippen LogP contribution in [0.3, 0.4) is 0 Å². The monoisotopic (exact) mass is 375 g/mol. The van der Waals surface area contributed by atoms with Gasteiger partial charge < -0.3 is 9.88 Å². The van der Waals surface area contributed by atoms with E-state index in [-0.39, 0.29) is 11.0 Å². The first-order valence-electron chi connectivity index (χ1n) is 9.55. The molecule has 0 aliphatic carbocycles. The van der Waals surface area contributed by atoms with Gasteiger partial charge in [-0.25, -0.2) is 0 Å². The molecule has 1 amide bonds. The van der Waals surface area contributed by atoms with Gasteiger partial charge in [-0.1, -0.05) is 37.6 Å². The number of carbonyl (C=O) groups excluding carboxylic acids is 1. The van der Waals surface area contributed by atoms with Crippen molar-refractivity contribution in [2.75, 3.05) is 5.32 Å². The largest absolute Gasteiger partial charge is 0.343 e. The van der Waals surface area contributed by atoms with Gasteiger partial charge in [-0.05, 0) is 44.0 Å². The Morgan fingerprint density at radius 2 is 1.86 bits per heavy atom. The molecule has 5 heteroatoms. The fraction of sp³-hybridized carbons (Fsp3) is 0.261. The summed E-state index contributed by atoms with van der Waals surface area (Å²) < 4.78 is 2.03. The fourth-order valence-corrected chi connectivity index (χ4v) is 3.26. The highest BCUT2D eigenvalue weighted by Crippen LogP contribution is 2.24. The number of para-hydroxylation sites is 1. The molecule has 1 aromatic carbocycles. The molecule has 0 aliphatic heterocycles. The average molecular weight is 375 g/mol. The second-order valence-corrected chi connectivity index (χ2v) is 6.86. The van der Waals surface area contributed by atoms with Crippen LogP contribution in [-0.2, 0) is 6.54 Å². The van der Waals surface area contributed by atoms with Crippen LogP contribution in [0.4, 0.5) is 5.69 Å². The van der Waals surface area contributed by atoms with E-state index in [9.17, 15) is 9.59 Å². The van der Waals surface area contributed by atoms with Crippen molar-refractivity contribution in [3.05, 3.63) is 81.8 Å². The number of hydrogen-bond acceptors (Lipinski definition) is 3. The summed E-state index contributed by atoms with van der Waals surface area (Å²) in [6.45, 7) is 6.65. The second-order valence-electron chi connectivity index (χ2n) is 6.86. The lowest BCUT2D eigenvalue weighted by atomic mass is 10.1. The minimum Gasteiger partial charge on any atom is -0.343 e. The van der Waals surface area contributed by atoms with Crippen LogP contribution in [-0.4, -0.2) is 15.5 Å². The number of nitrogens with zero attached hydrogens (tertiary/aromatic N) is 2. The molecule has 1 N–H and O–H groups in total. The van der Waals surface area contributed by atoms with Gasteiger partial charge in [0.05, 0.1) is 11.4 Å². The molecule has 2 heterocycles. The van der Waals surface area contributed by atoms with E-state index in [0.717, 1.165) is 30.6 Å². The van der Waals surface area contributed by atoms with Crippen molar-refractivity contribution >= 4 is 11.6 Å². The van der Waals surface area contributed by atoms with Gasteiger partial charge in [0.15, 0.2) is 5.43 Å². The Balaban J connectivity index is 2.18. The van der Waals surface area contributed by atoms with Crippen LogP contribution >= 0.6 is 0 Å². The molecule has 2 aromatic heterocycles. The van der Waals surface area contributed by atoms with Crippen molar-refractivity contribution in [3.8, 4) is 11.4 Å². The third-order valence-electron chi connectivity index (χ3n) is 4.78. The van der Waals surface area contributed by atoms with Crippen LogP contribution in [0.2, 0.25) is 0 Å². The smallest absolute Gasteiger partial charge is 0.261 e. The maximum absolute atomic E-state index is 13.2. The summed E-state index contributed by atoms with van der Waals surface area (Å²) in [5, 5.41) is 2.90. The van der Waals surface area contributed by atoms with E-state index in [1.54, 1.807) is 6.20 Å². The fourth-order valence-electron chi connectivity index (χ4n) is 3.26. The van der Waals surface area contributed by atoms with Gasteiger partial charge in [-0.15, -0.1) is 0 Å². The van der Waals surface area contributed by atoms with E-state index >= 15 is 0 Å². The molecular weight excluding hydrogens is 350 g/mol. The number of aryl methyl sites for hydroxylation is 2. The Morgan fingerprint density at radius 3 is 2.54 bits per heavy atom. The van der Waals surface area contributed by atoms with E-state index in [1.807, 2.05) is 60.9 Å². The lowest BCUT2D eigenvalue weighted by Crippen LogP contribution is -2.27. The van der Waals surface area contributed by atoms with E-state index < -0.39 is 5.91 Å². The Labute approximate surface area is 165 Å². The summed E-state index contributed by atoms with van der Waals surface area (Å²) in [4.78, 5) is 30.5. The van der Waals surface area contributed by atoms with Gasteiger partial charge in [0.25, 0.3) is 5.91 Å². The summed E-state index contributed by atoms with van der Waals surface area (Å²) in [6, 6.07) is 14.6. The average Bonchev–Trinajstić information content (AvgIpc) is 2.69. The SMILES string of the molecule is CCCCn1c(C)cc(=O)c(C(=O)Nc2ccccc2C)c1-c1ccccn1. The first kappa shape index (κ1) is 19.5. The number of unbranched alkanes of at least 4 members (excludes halogenated alkanes) is 1. The number of hydrogen-bond donors (Lipinski definition) is 1. The molecule has 0 fully saturated rings. The lowest BCUT2D eigenvalue weighted by molar-refractivity contribution is 0.102. The lowest BCUT2D eigenvalue weighted by Gasteiger charge is -2.20. The van der Waals surface area contributed by atoms with Crippen molar-refractivity contribution in [2.45, 2.75) is 40.2 Å². The Morgan fingerprint density at radius 1 is 1.11 bits per heavy atom. The molecule has 3 rings (SSSR count). The highest BCUT2D eigenvalue weighted by atomic mass is 16.2. The van der Waals surface area contributed by atoms with Gasteiger partial charge in [0.1, 0.15) is 5.56 Å². The van der Waals surface area contributed by atoms with E-state index in [2.05, 4.69) is 17.2 Å². The topological polar surface area (TPSA) is 64.0 Å². The maximum atomic E-state index is 13.2. The van der Waals surface area contributed by atoms with Crippen molar-refractivity contribution in [2.24, 2.45) is 0 Å². The number of benzene rings is 1. The number of pyridine rings is 2. The zero-order chi connectivity index (χ0) is 20.1. The van der Waals surface area contributed by atoms with Gasteiger partial charge in [-0.3, -0.25) is 14.6 Å². The number of nitrogens with one attached hydrogen (secondary N) is 1. The zero-order valence-corrected chi connectivity index (χ0v) is 16.5. The summed E-state index contributed by atoms with van der Waals surface area (Å²) in [6.07, 6.45) is 3.63. The minimum absolute atomic E-state index is 0.128. The maximum Gasteiger partial charge on any atom is 0.261 e. The Kier molecular flexibility index (Phi) is 6.04. The molecular formula is C23H25N3O2. The van der Waals surface area contributed by atoms with Crippen molar-refractivity contribution in [1.82, 2.24) is 9.55 Å². The molecule has 3 aromatic rings. The van der Waals surface area contributed by atoms with Crippen molar-refractivity contribution in [1.29, 1.82) is 0 Å². The number of amides is 1. The highest BCUT2D eigenvalue weighted by Gasteiger charge is 2.22. The number of rotatable bonds is 6. The first-order chi connectivity index (χ1) is 13.5. The zero-order valence-electron chi connectivity index (χ0n) is 16.5. The third-order valence-corrected chi connectivity index (χ3v) is 4.78. The molecule has 0 saturated carbocycles. The Hall–Kier alpha value is -3.21. The quantitative estimate of drug-likeness (QED) is 0.686. The molecule has 0 bridgehead atoms. The molecule has 0 unspecified atom stereocenters. The van der Waals surface area contributed by atoms with E-state index in [0.29, 0.717) is 17.1 Å². The van der Waals surface area contributed by atoms with Crippen LogP contribution in [0.15, 0.2) is 59.5 Å². The molecule has 0 radical (unpaired) electrons. The molecule has 5 nitrogen and oxygen atoms in total. The number of anilines is 1. The standard InChI is InChI=1S/C23H25N3O2/c1-4-5-14-26-17(3)15-20(27)21(22(26)19-12-8-9-13-24-19)23(28)25-18-11-7-6-10-16(18)2/h6-13,15H,4-5,14H2,1-3H3,(H,25,28). The molecule has 0 spiro atoms. The van der Waals surface area contributed by atoms with Crippen molar-refractivity contribution < 1.29 is 4.79 Å². The van der Waals surface area contributed by atoms with Gasteiger partial charge in [0.2, 0.25) is 0 Å². The summed E-state index contributed by atoms with van der Waals surface area (Å²) >= 11 is 0. The second kappa shape index (κ2) is 8.65. The summed E-state index contributed by atoms with van der Waals surface area (Å²) in [5.41, 5.74) is 3.49. The van der Waals surface area contributed by atoms with Gasteiger partial charge in [0, 0.05) is 30.2 Å². The predicted octanol–water partition coefficient (Wildman–Crippen LogP) is 4.58. The normalized spacial score (nSPS) is 10.7. The molecule has 28 heavy (non-hydrogen) atoms. The molecule has 0 atom stereocenters. The van der Waals surface area contributed by atoms with Crippen LogP contribution in [0, 0.1) is 13.8 Å². The van der Waals surface area contributed by atoms with E-state index in [4.69, 9.17) is 0 Å². The summed E-state index contributed by atoms with van der Waals surface area (Å²) in [5.74, 6) is -0.412. The molecule has 144 valence electrons. The van der Waals surface area contributed by atoms with Crippen LogP contribution < -0.4 is 10.7 Å². The molecule has 0 saturated heterocycles. The third kappa shape index (κ3) is 4.03. The minimum atomic E-state index is -0.412. The van der Waals surface area contributed by atoms with E-state index in [1.165, 1.54) is 6.07 Å². The number of aromatic nitrogens is 2. The summed E-state index contributed by atoms with van der Waals surface area (Å²) in [7, 11) is 0. The highest BCUT2D eigenvalue weighted by molar-refractivity contribution is 6.08. The molecule has 0 aliphatic rings. The van der Waals surface area contributed by atoms with Crippen molar-refractivity contribution in [3.63, 3.8) is 0 Å². The van der Waals surface area contributed by atoms with Crippen LogP contribution in [0.5, 0.6) is 0 Å². The predicted molar refractivity (Wildman–Crippen MR) is 113 cm³/mol. The number of carbonyl (C=O) groups is 1. The van der Waals surface area contributed by atoms with Crippen LogP contribution in [0.25, 0.3) is 11.4 Å². The van der Waals surface area contributed by atoms with Crippen LogP contribution in [0.1, 0.15) is 41.4 Å². The van der Waals surface area contributed by atoms with Gasteiger partial charge in [-0.2, -0.15) is 0 Å².